The number of rotatable bonds is 6. The molecule has 1 aliphatic rings. The topological polar surface area (TPSA) is 86.7 Å². The maximum absolute atomic E-state index is 12.3. The summed E-state index contributed by atoms with van der Waals surface area (Å²) in [6.07, 6.45) is 1.55. The van der Waals surface area contributed by atoms with Crippen molar-refractivity contribution in [2.45, 2.75) is 32.9 Å². The number of benzene rings is 2. The average Bonchev–Trinajstić information content (AvgIpc) is 3.05. The Morgan fingerprint density at radius 3 is 2.37 bits per heavy atom. The Bertz CT molecular complexity index is 874. The highest BCUT2D eigenvalue weighted by Gasteiger charge is 2.19. The number of hydrogen-bond donors (Lipinski definition) is 2. The van der Waals surface area contributed by atoms with Crippen molar-refractivity contribution < 1.29 is 19.5 Å². The molecule has 2 N–H and O–H groups in total. The zero-order valence-corrected chi connectivity index (χ0v) is 15.2. The molecule has 1 aliphatic heterocycles. The standard InChI is InChI=1S/C21H22N2O4/c1-14-9-17(11-18(10-14)21(26)27)20(25)22-12-15-4-6-16(7-5-15)13-23-8-2-3-19(23)24/h4-7,9-11H,2-3,8,12-13H2,1H3,(H,22,25)(H,26,27). The predicted octanol–water partition coefficient (Wildman–Crippen LogP) is 2.75. The molecular formula is C21H22N2O4. The van der Waals surface area contributed by atoms with E-state index >= 15 is 0 Å². The second-order valence-corrected chi connectivity index (χ2v) is 6.81. The molecule has 6 heteroatoms. The Hall–Kier alpha value is -3.15. The van der Waals surface area contributed by atoms with Gasteiger partial charge in [0.15, 0.2) is 0 Å². The minimum absolute atomic E-state index is 0.0981. The van der Waals surface area contributed by atoms with Crippen LogP contribution in [0.2, 0.25) is 0 Å². The number of carboxylic acids is 1. The third kappa shape index (κ3) is 4.73. The molecule has 2 aromatic rings. The number of aryl methyl sites for hydroxylation is 1. The van der Waals surface area contributed by atoms with Gasteiger partial charge in [0, 0.05) is 31.6 Å². The van der Waals surface area contributed by atoms with Gasteiger partial charge >= 0.3 is 5.97 Å². The summed E-state index contributed by atoms with van der Waals surface area (Å²) in [5.74, 6) is -1.17. The highest BCUT2D eigenvalue weighted by molar-refractivity contribution is 5.97. The van der Waals surface area contributed by atoms with Gasteiger partial charge in [0.2, 0.25) is 5.91 Å². The van der Waals surface area contributed by atoms with E-state index < -0.39 is 5.97 Å². The van der Waals surface area contributed by atoms with Crippen molar-refractivity contribution in [3.8, 4) is 0 Å². The van der Waals surface area contributed by atoms with E-state index in [4.69, 9.17) is 5.11 Å². The minimum atomic E-state index is -1.06. The van der Waals surface area contributed by atoms with Crippen LogP contribution in [0, 0.1) is 6.92 Å². The number of carboxylic acid groups (broad SMARTS) is 1. The molecule has 1 saturated heterocycles. The third-order valence-corrected chi connectivity index (χ3v) is 4.61. The molecule has 0 aliphatic carbocycles. The molecule has 6 nitrogen and oxygen atoms in total. The van der Waals surface area contributed by atoms with E-state index in [0.29, 0.717) is 25.1 Å². The van der Waals surface area contributed by atoms with Gasteiger partial charge in [-0.25, -0.2) is 4.79 Å². The Labute approximate surface area is 157 Å². The number of nitrogens with zero attached hydrogens (tertiary/aromatic N) is 1. The van der Waals surface area contributed by atoms with Crippen LogP contribution in [0.4, 0.5) is 0 Å². The minimum Gasteiger partial charge on any atom is -0.478 e. The first kappa shape index (κ1) is 18.6. The largest absolute Gasteiger partial charge is 0.478 e. The molecule has 0 bridgehead atoms. The Balaban J connectivity index is 1.59. The van der Waals surface area contributed by atoms with E-state index in [2.05, 4.69) is 5.32 Å². The summed E-state index contributed by atoms with van der Waals surface area (Å²) in [6.45, 7) is 3.53. The lowest BCUT2D eigenvalue weighted by Crippen LogP contribution is -2.24. The molecule has 3 rings (SSSR count). The SMILES string of the molecule is Cc1cc(C(=O)O)cc(C(=O)NCc2ccc(CN3CCCC3=O)cc2)c1. The maximum atomic E-state index is 12.3. The van der Waals surface area contributed by atoms with Gasteiger partial charge in [-0.05, 0) is 48.2 Å². The summed E-state index contributed by atoms with van der Waals surface area (Å²) < 4.78 is 0. The van der Waals surface area contributed by atoms with Crippen molar-refractivity contribution in [1.29, 1.82) is 0 Å². The Kier molecular flexibility index (Phi) is 5.54. The molecule has 1 fully saturated rings. The quantitative estimate of drug-likeness (QED) is 0.823. The molecule has 0 saturated carbocycles. The van der Waals surface area contributed by atoms with Crippen LogP contribution < -0.4 is 5.32 Å². The fraction of sp³-hybridized carbons (Fsp3) is 0.286. The van der Waals surface area contributed by atoms with Crippen LogP contribution in [0.25, 0.3) is 0 Å². The smallest absolute Gasteiger partial charge is 0.335 e. The summed E-state index contributed by atoms with van der Waals surface area (Å²) in [7, 11) is 0. The Morgan fingerprint density at radius 1 is 1.07 bits per heavy atom. The van der Waals surface area contributed by atoms with E-state index in [1.807, 2.05) is 29.2 Å². The van der Waals surface area contributed by atoms with Crippen molar-refractivity contribution in [2.75, 3.05) is 6.54 Å². The number of likely N-dealkylation sites (tertiary alicyclic amines) is 1. The molecule has 1 heterocycles. The molecular weight excluding hydrogens is 344 g/mol. The van der Waals surface area contributed by atoms with Crippen LogP contribution in [0.1, 0.15) is 50.2 Å². The monoisotopic (exact) mass is 366 g/mol. The van der Waals surface area contributed by atoms with Gasteiger partial charge in [0.1, 0.15) is 0 Å². The van der Waals surface area contributed by atoms with Crippen LogP contribution in [-0.2, 0) is 17.9 Å². The lowest BCUT2D eigenvalue weighted by Gasteiger charge is -2.15. The highest BCUT2D eigenvalue weighted by Crippen LogP contribution is 2.15. The van der Waals surface area contributed by atoms with E-state index in [0.717, 1.165) is 29.7 Å². The molecule has 0 spiro atoms. The number of hydrogen-bond acceptors (Lipinski definition) is 3. The van der Waals surface area contributed by atoms with E-state index in [9.17, 15) is 14.4 Å². The van der Waals surface area contributed by atoms with Gasteiger partial charge in [0.25, 0.3) is 5.91 Å². The van der Waals surface area contributed by atoms with Crippen LogP contribution in [0.3, 0.4) is 0 Å². The van der Waals surface area contributed by atoms with Crippen LogP contribution >= 0.6 is 0 Å². The van der Waals surface area contributed by atoms with E-state index in [-0.39, 0.29) is 17.4 Å². The van der Waals surface area contributed by atoms with Gasteiger partial charge < -0.3 is 15.3 Å². The number of carbonyl (C=O) groups excluding carboxylic acids is 2. The summed E-state index contributed by atoms with van der Waals surface area (Å²) >= 11 is 0. The highest BCUT2D eigenvalue weighted by atomic mass is 16.4. The Morgan fingerprint density at radius 2 is 1.74 bits per heavy atom. The van der Waals surface area contributed by atoms with Crippen molar-refractivity contribution in [2.24, 2.45) is 0 Å². The number of carbonyl (C=O) groups is 3. The first-order valence-corrected chi connectivity index (χ1v) is 8.91. The van der Waals surface area contributed by atoms with Gasteiger partial charge in [0.05, 0.1) is 5.56 Å². The summed E-state index contributed by atoms with van der Waals surface area (Å²) in [5.41, 5.74) is 3.15. The van der Waals surface area contributed by atoms with Crippen LogP contribution in [0.5, 0.6) is 0 Å². The van der Waals surface area contributed by atoms with Crippen molar-refractivity contribution in [3.05, 3.63) is 70.3 Å². The summed E-state index contributed by atoms with van der Waals surface area (Å²) in [5, 5.41) is 11.9. The van der Waals surface area contributed by atoms with E-state index in [1.54, 1.807) is 13.0 Å². The molecule has 0 atom stereocenters. The lowest BCUT2D eigenvalue weighted by molar-refractivity contribution is -0.128. The number of amides is 2. The van der Waals surface area contributed by atoms with Crippen molar-refractivity contribution >= 4 is 17.8 Å². The fourth-order valence-electron chi connectivity index (χ4n) is 3.18. The first-order valence-electron chi connectivity index (χ1n) is 8.91. The second kappa shape index (κ2) is 8.03. The van der Waals surface area contributed by atoms with Gasteiger partial charge in [-0.1, -0.05) is 24.3 Å². The number of nitrogens with one attached hydrogen (secondary N) is 1. The average molecular weight is 366 g/mol. The summed E-state index contributed by atoms with van der Waals surface area (Å²) in [6, 6.07) is 12.3. The predicted molar refractivity (Wildman–Crippen MR) is 100 cm³/mol. The zero-order chi connectivity index (χ0) is 19.4. The van der Waals surface area contributed by atoms with Gasteiger partial charge in [-0.2, -0.15) is 0 Å². The van der Waals surface area contributed by atoms with Crippen LogP contribution in [0.15, 0.2) is 42.5 Å². The molecule has 140 valence electrons. The molecule has 27 heavy (non-hydrogen) atoms. The molecule has 2 aromatic carbocycles. The second-order valence-electron chi connectivity index (χ2n) is 6.81. The zero-order valence-electron chi connectivity index (χ0n) is 15.2. The maximum Gasteiger partial charge on any atom is 0.335 e. The van der Waals surface area contributed by atoms with E-state index in [1.165, 1.54) is 12.1 Å². The first-order chi connectivity index (χ1) is 12.9. The number of aromatic carboxylic acids is 1. The van der Waals surface area contributed by atoms with Gasteiger partial charge in [-0.3, -0.25) is 9.59 Å². The molecule has 0 unspecified atom stereocenters. The summed E-state index contributed by atoms with van der Waals surface area (Å²) in [4.78, 5) is 37.0. The molecule has 0 radical (unpaired) electrons. The third-order valence-electron chi connectivity index (χ3n) is 4.61. The fourth-order valence-corrected chi connectivity index (χ4v) is 3.18. The lowest BCUT2D eigenvalue weighted by atomic mass is 10.1. The van der Waals surface area contributed by atoms with Crippen molar-refractivity contribution in [1.82, 2.24) is 10.2 Å². The normalized spacial score (nSPS) is 13.7. The van der Waals surface area contributed by atoms with Crippen LogP contribution in [-0.4, -0.2) is 34.3 Å². The molecule has 0 aromatic heterocycles. The molecule has 2 amide bonds. The van der Waals surface area contributed by atoms with Gasteiger partial charge in [-0.15, -0.1) is 0 Å². The van der Waals surface area contributed by atoms with Crippen molar-refractivity contribution in [3.63, 3.8) is 0 Å².